The number of hydrogen-bond donors (Lipinski definition) is 1. The number of thiophene rings is 1. The van der Waals surface area contributed by atoms with Crippen LogP contribution >= 0.6 is 22.7 Å². The van der Waals surface area contributed by atoms with E-state index in [9.17, 15) is 0 Å². The van der Waals surface area contributed by atoms with Crippen LogP contribution in [0.15, 0.2) is 22.2 Å². The van der Waals surface area contributed by atoms with E-state index in [1.807, 2.05) is 5.38 Å². The Morgan fingerprint density at radius 3 is 2.87 bits per heavy atom. The van der Waals surface area contributed by atoms with E-state index in [0.717, 1.165) is 18.8 Å². The quantitative estimate of drug-likeness (QED) is 0.891. The topological polar surface area (TPSA) is 42.1 Å². The standard InChI is InChI=1S/C10H13N3S2/c1-13(4-8-2-3-14-6-8)5-9-7-15-10(11)12-9/h2-3,6-7H,4-5H2,1H3,(H2,11,12). The Labute approximate surface area is 97.2 Å². The fourth-order valence-electron chi connectivity index (χ4n) is 1.42. The highest BCUT2D eigenvalue weighted by atomic mass is 32.1. The summed E-state index contributed by atoms with van der Waals surface area (Å²) in [5, 5.41) is 6.93. The predicted octanol–water partition coefficient (Wildman–Crippen LogP) is 2.42. The summed E-state index contributed by atoms with van der Waals surface area (Å²) in [6, 6.07) is 2.15. The smallest absolute Gasteiger partial charge is 0.180 e. The molecule has 5 heteroatoms. The number of anilines is 1. The van der Waals surface area contributed by atoms with Gasteiger partial charge in [0, 0.05) is 18.5 Å². The van der Waals surface area contributed by atoms with Gasteiger partial charge in [-0.05, 0) is 29.4 Å². The van der Waals surface area contributed by atoms with Crippen LogP contribution in [0.3, 0.4) is 0 Å². The lowest BCUT2D eigenvalue weighted by Crippen LogP contribution is -2.17. The van der Waals surface area contributed by atoms with Gasteiger partial charge in [-0.25, -0.2) is 4.98 Å². The first-order valence-electron chi connectivity index (χ1n) is 4.63. The molecule has 0 bridgehead atoms. The Morgan fingerprint density at radius 1 is 1.40 bits per heavy atom. The van der Waals surface area contributed by atoms with E-state index < -0.39 is 0 Å². The summed E-state index contributed by atoms with van der Waals surface area (Å²) >= 11 is 3.23. The predicted molar refractivity (Wildman–Crippen MR) is 66.0 cm³/mol. The van der Waals surface area contributed by atoms with Crippen molar-refractivity contribution in [3.8, 4) is 0 Å². The van der Waals surface area contributed by atoms with Crippen LogP contribution in [-0.4, -0.2) is 16.9 Å². The fraction of sp³-hybridized carbons (Fsp3) is 0.300. The first-order valence-corrected chi connectivity index (χ1v) is 6.46. The van der Waals surface area contributed by atoms with Crippen LogP contribution in [0.2, 0.25) is 0 Å². The van der Waals surface area contributed by atoms with Gasteiger partial charge in [0.2, 0.25) is 0 Å². The summed E-state index contributed by atoms with van der Waals surface area (Å²) in [6.45, 7) is 1.81. The van der Waals surface area contributed by atoms with Crippen LogP contribution in [0.1, 0.15) is 11.3 Å². The number of nitrogens with zero attached hydrogens (tertiary/aromatic N) is 2. The number of thiazole rings is 1. The van der Waals surface area contributed by atoms with E-state index in [-0.39, 0.29) is 0 Å². The van der Waals surface area contributed by atoms with Gasteiger partial charge in [0.05, 0.1) is 5.69 Å². The monoisotopic (exact) mass is 239 g/mol. The molecule has 2 N–H and O–H groups in total. The molecule has 0 saturated heterocycles. The molecule has 0 unspecified atom stereocenters. The van der Waals surface area contributed by atoms with Crippen molar-refractivity contribution in [2.24, 2.45) is 0 Å². The minimum Gasteiger partial charge on any atom is -0.375 e. The number of nitrogens with two attached hydrogens (primary N) is 1. The molecule has 0 atom stereocenters. The third kappa shape index (κ3) is 3.02. The molecule has 0 aliphatic heterocycles. The lowest BCUT2D eigenvalue weighted by Gasteiger charge is -2.13. The Morgan fingerprint density at radius 2 is 2.27 bits per heavy atom. The Kier molecular flexibility index (Phi) is 3.35. The zero-order valence-corrected chi connectivity index (χ0v) is 10.1. The molecule has 2 heterocycles. The van der Waals surface area contributed by atoms with Crippen molar-refractivity contribution in [3.63, 3.8) is 0 Å². The summed E-state index contributed by atoms with van der Waals surface area (Å²) in [6.07, 6.45) is 0. The van der Waals surface area contributed by atoms with E-state index in [4.69, 9.17) is 5.73 Å². The number of hydrogen-bond acceptors (Lipinski definition) is 5. The van der Waals surface area contributed by atoms with Gasteiger partial charge in [-0.2, -0.15) is 11.3 Å². The molecule has 0 radical (unpaired) electrons. The zero-order chi connectivity index (χ0) is 10.7. The van der Waals surface area contributed by atoms with Crippen molar-refractivity contribution in [1.82, 2.24) is 9.88 Å². The van der Waals surface area contributed by atoms with E-state index in [2.05, 4.69) is 33.8 Å². The summed E-state index contributed by atoms with van der Waals surface area (Å²) < 4.78 is 0. The molecule has 0 amide bonds. The van der Waals surface area contributed by atoms with E-state index in [1.54, 1.807) is 11.3 Å². The third-order valence-corrected chi connectivity index (χ3v) is 3.49. The van der Waals surface area contributed by atoms with Gasteiger partial charge in [-0.3, -0.25) is 4.90 Å². The second kappa shape index (κ2) is 4.74. The second-order valence-electron chi connectivity index (χ2n) is 3.48. The molecule has 0 spiro atoms. The van der Waals surface area contributed by atoms with Crippen molar-refractivity contribution in [2.75, 3.05) is 12.8 Å². The van der Waals surface area contributed by atoms with Crippen LogP contribution in [0.25, 0.3) is 0 Å². The van der Waals surface area contributed by atoms with E-state index >= 15 is 0 Å². The van der Waals surface area contributed by atoms with Crippen LogP contribution in [-0.2, 0) is 13.1 Å². The average molecular weight is 239 g/mol. The highest BCUT2D eigenvalue weighted by Crippen LogP contribution is 2.14. The van der Waals surface area contributed by atoms with Gasteiger partial charge >= 0.3 is 0 Å². The molecule has 80 valence electrons. The second-order valence-corrected chi connectivity index (χ2v) is 5.15. The van der Waals surface area contributed by atoms with Crippen molar-refractivity contribution >= 4 is 27.8 Å². The molecule has 2 rings (SSSR count). The van der Waals surface area contributed by atoms with Crippen molar-refractivity contribution < 1.29 is 0 Å². The number of rotatable bonds is 4. The maximum absolute atomic E-state index is 5.58. The highest BCUT2D eigenvalue weighted by molar-refractivity contribution is 7.13. The van der Waals surface area contributed by atoms with Crippen molar-refractivity contribution in [2.45, 2.75) is 13.1 Å². The molecule has 0 fully saturated rings. The first-order chi connectivity index (χ1) is 7.24. The lowest BCUT2D eigenvalue weighted by atomic mass is 10.3. The van der Waals surface area contributed by atoms with Crippen LogP contribution in [0.4, 0.5) is 5.13 Å². The van der Waals surface area contributed by atoms with Gasteiger partial charge in [-0.15, -0.1) is 11.3 Å². The Balaban J connectivity index is 1.90. The third-order valence-electron chi connectivity index (χ3n) is 2.03. The number of aromatic nitrogens is 1. The van der Waals surface area contributed by atoms with Crippen LogP contribution in [0, 0.1) is 0 Å². The molecule has 0 saturated carbocycles. The minimum atomic E-state index is 0.647. The van der Waals surface area contributed by atoms with E-state index in [0.29, 0.717) is 5.13 Å². The average Bonchev–Trinajstić information content (AvgIpc) is 2.77. The first kappa shape index (κ1) is 10.6. The van der Waals surface area contributed by atoms with E-state index in [1.165, 1.54) is 16.9 Å². The highest BCUT2D eigenvalue weighted by Gasteiger charge is 2.04. The molecule has 0 aliphatic rings. The van der Waals surface area contributed by atoms with Crippen molar-refractivity contribution in [1.29, 1.82) is 0 Å². The lowest BCUT2D eigenvalue weighted by molar-refractivity contribution is 0.316. The largest absolute Gasteiger partial charge is 0.375 e. The molecule has 2 aromatic rings. The summed E-state index contributed by atoms with van der Waals surface area (Å²) in [4.78, 5) is 6.47. The van der Waals surface area contributed by atoms with Gasteiger partial charge in [-0.1, -0.05) is 0 Å². The van der Waals surface area contributed by atoms with Gasteiger partial charge in [0.1, 0.15) is 0 Å². The fourth-order valence-corrected chi connectivity index (χ4v) is 2.64. The zero-order valence-electron chi connectivity index (χ0n) is 8.51. The molecule has 2 aromatic heterocycles. The summed E-state index contributed by atoms with van der Waals surface area (Å²) in [7, 11) is 2.09. The molecule has 3 nitrogen and oxygen atoms in total. The molecule has 0 aromatic carbocycles. The molecule has 15 heavy (non-hydrogen) atoms. The van der Waals surface area contributed by atoms with Gasteiger partial charge < -0.3 is 5.73 Å². The maximum atomic E-state index is 5.58. The Hall–Kier alpha value is -0.910. The SMILES string of the molecule is CN(Cc1ccsc1)Cc1csc(N)n1. The van der Waals surface area contributed by atoms with Crippen LogP contribution < -0.4 is 5.73 Å². The molecule has 0 aliphatic carbocycles. The Bertz CT molecular complexity index is 408. The summed E-state index contributed by atoms with van der Waals surface area (Å²) in [5.74, 6) is 0. The maximum Gasteiger partial charge on any atom is 0.180 e. The molecular weight excluding hydrogens is 226 g/mol. The van der Waals surface area contributed by atoms with Gasteiger partial charge in [0.15, 0.2) is 5.13 Å². The van der Waals surface area contributed by atoms with Crippen LogP contribution in [0.5, 0.6) is 0 Å². The minimum absolute atomic E-state index is 0.647. The normalized spacial score (nSPS) is 11.1. The molecular formula is C10H13N3S2. The summed E-state index contributed by atoms with van der Waals surface area (Å²) in [5.41, 5.74) is 7.98. The number of nitrogen functional groups attached to an aromatic ring is 1. The van der Waals surface area contributed by atoms with Crippen molar-refractivity contribution in [3.05, 3.63) is 33.5 Å². The van der Waals surface area contributed by atoms with Gasteiger partial charge in [0.25, 0.3) is 0 Å².